The Kier molecular flexibility index (Phi) is 8.17. The van der Waals surface area contributed by atoms with E-state index in [0.29, 0.717) is 36.8 Å². The number of hydrogen-bond acceptors (Lipinski definition) is 7. The second-order valence-electron chi connectivity index (χ2n) is 7.61. The van der Waals surface area contributed by atoms with E-state index in [9.17, 15) is 13.2 Å². The maximum absolute atomic E-state index is 13.2. The summed E-state index contributed by atoms with van der Waals surface area (Å²) in [7, 11) is 2.49. The molecular weight excluding hydrogens is 448 g/mol. The zero-order valence-corrected chi connectivity index (χ0v) is 20.2. The first-order valence-electron chi connectivity index (χ1n) is 10.5. The maximum Gasteiger partial charge on any atom is 0.246 e. The summed E-state index contributed by atoms with van der Waals surface area (Å²) >= 11 is 0. The lowest BCUT2D eigenvalue weighted by atomic mass is 10.1. The molecule has 1 amide bonds. The van der Waals surface area contributed by atoms with Gasteiger partial charge in [-0.15, -0.1) is 0 Å². The van der Waals surface area contributed by atoms with Gasteiger partial charge in [-0.25, -0.2) is 8.42 Å². The highest BCUT2D eigenvalue weighted by Crippen LogP contribution is 2.29. The molecule has 9 nitrogen and oxygen atoms in total. The molecule has 0 aliphatic carbocycles. The number of hydrogen-bond donors (Lipinski definition) is 0. The molecule has 0 aromatic heterocycles. The maximum atomic E-state index is 13.2. The Morgan fingerprint density at radius 3 is 2.33 bits per heavy atom. The van der Waals surface area contributed by atoms with Crippen molar-refractivity contribution >= 4 is 15.9 Å². The molecule has 0 atom stereocenters. The van der Waals surface area contributed by atoms with Gasteiger partial charge in [0.1, 0.15) is 22.1 Å². The average molecular weight is 479 g/mol. The van der Waals surface area contributed by atoms with Crippen molar-refractivity contribution in [3.8, 4) is 17.2 Å². The van der Waals surface area contributed by atoms with Gasteiger partial charge in [-0.2, -0.15) is 4.31 Å². The van der Waals surface area contributed by atoms with Crippen molar-refractivity contribution in [1.82, 2.24) is 9.21 Å². The first-order valence-corrected chi connectivity index (χ1v) is 11.9. The fourth-order valence-electron chi connectivity index (χ4n) is 3.59. The van der Waals surface area contributed by atoms with Crippen LogP contribution in [0.25, 0.3) is 0 Å². The van der Waals surface area contributed by atoms with Gasteiger partial charge in [-0.3, -0.25) is 4.79 Å². The highest BCUT2D eigenvalue weighted by Gasteiger charge is 2.29. The number of amides is 1. The fraction of sp³-hybridized carbons (Fsp3) is 0.435. The number of likely N-dealkylation sites (N-methyl/N-ethyl adjacent to an activating group) is 1. The molecule has 1 aliphatic heterocycles. The Balaban J connectivity index is 1.77. The number of rotatable bonds is 9. The predicted octanol–water partition coefficient (Wildman–Crippen LogP) is 1.93. The molecule has 1 fully saturated rings. The van der Waals surface area contributed by atoms with Crippen molar-refractivity contribution in [2.24, 2.45) is 0 Å². The van der Waals surface area contributed by atoms with E-state index in [4.69, 9.17) is 18.9 Å². The molecule has 180 valence electrons. The molecule has 0 saturated carbocycles. The standard InChI is InChI=1S/C23H30N2O7S/c1-24(16-18-6-7-19(29-2)15-21(18)31-4)23(26)14-17-5-8-20(30-3)22(13-17)33(27,28)25-9-11-32-12-10-25/h5-8,13,15H,9-12,14,16H2,1-4H3. The third-order valence-corrected chi connectivity index (χ3v) is 7.42. The molecule has 0 N–H and O–H groups in total. The number of morpholine rings is 1. The van der Waals surface area contributed by atoms with Crippen LogP contribution >= 0.6 is 0 Å². The topological polar surface area (TPSA) is 94.6 Å². The normalized spacial score (nSPS) is 14.5. The Labute approximate surface area is 194 Å². The summed E-state index contributed by atoms with van der Waals surface area (Å²) in [5, 5.41) is 0. The lowest BCUT2D eigenvalue weighted by Gasteiger charge is -2.27. The van der Waals surface area contributed by atoms with Gasteiger partial charge in [0.25, 0.3) is 0 Å². The molecule has 0 unspecified atom stereocenters. The monoisotopic (exact) mass is 478 g/mol. The van der Waals surface area contributed by atoms with Crippen LogP contribution in [0, 0.1) is 0 Å². The lowest BCUT2D eigenvalue weighted by molar-refractivity contribution is -0.129. The van der Waals surface area contributed by atoms with Crippen LogP contribution in [0.3, 0.4) is 0 Å². The van der Waals surface area contributed by atoms with E-state index >= 15 is 0 Å². The third kappa shape index (κ3) is 5.76. The molecule has 2 aromatic carbocycles. The van der Waals surface area contributed by atoms with Crippen molar-refractivity contribution in [1.29, 1.82) is 0 Å². The number of carbonyl (C=O) groups excluding carboxylic acids is 1. The van der Waals surface area contributed by atoms with E-state index in [-0.39, 0.29) is 36.1 Å². The Hall–Kier alpha value is -2.82. The minimum absolute atomic E-state index is 0.0462. The van der Waals surface area contributed by atoms with Gasteiger partial charge in [0.15, 0.2) is 0 Å². The average Bonchev–Trinajstić information content (AvgIpc) is 2.84. The molecule has 1 aliphatic rings. The fourth-order valence-corrected chi connectivity index (χ4v) is 5.21. The van der Waals surface area contributed by atoms with E-state index in [1.54, 1.807) is 44.4 Å². The van der Waals surface area contributed by atoms with E-state index in [1.807, 2.05) is 12.1 Å². The molecular formula is C23H30N2O7S. The highest BCUT2D eigenvalue weighted by atomic mass is 32.2. The van der Waals surface area contributed by atoms with Crippen LogP contribution in [-0.4, -0.2) is 78.2 Å². The van der Waals surface area contributed by atoms with Crippen LogP contribution in [0.15, 0.2) is 41.3 Å². The van der Waals surface area contributed by atoms with E-state index in [0.717, 1.165) is 5.56 Å². The van der Waals surface area contributed by atoms with Crippen LogP contribution in [-0.2, 0) is 32.5 Å². The molecule has 2 aromatic rings. The first-order chi connectivity index (χ1) is 15.8. The van der Waals surface area contributed by atoms with Gasteiger partial charge >= 0.3 is 0 Å². The second-order valence-corrected chi connectivity index (χ2v) is 9.51. The number of sulfonamides is 1. The van der Waals surface area contributed by atoms with Gasteiger partial charge in [0.2, 0.25) is 15.9 Å². The molecule has 1 saturated heterocycles. The van der Waals surface area contributed by atoms with Gasteiger partial charge in [-0.05, 0) is 29.8 Å². The first kappa shape index (κ1) is 24.8. The number of benzene rings is 2. The van der Waals surface area contributed by atoms with E-state index in [1.165, 1.54) is 17.5 Å². The van der Waals surface area contributed by atoms with Gasteiger partial charge < -0.3 is 23.8 Å². The molecule has 1 heterocycles. The van der Waals surface area contributed by atoms with Crippen LogP contribution in [0.5, 0.6) is 17.2 Å². The van der Waals surface area contributed by atoms with Crippen molar-refractivity contribution in [3.63, 3.8) is 0 Å². The number of ether oxygens (including phenoxy) is 4. The Bertz CT molecular complexity index is 1080. The number of nitrogens with zero attached hydrogens (tertiary/aromatic N) is 2. The molecule has 10 heteroatoms. The number of carbonyl (C=O) groups is 1. The van der Waals surface area contributed by atoms with Crippen molar-refractivity contribution < 1.29 is 32.2 Å². The Morgan fingerprint density at radius 2 is 1.70 bits per heavy atom. The molecule has 0 bridgehead atoms. The smallest absolute Gasteiger partial charge is 0.246 e. The quantitative estimate of drug-likeness (QED) is 0.544. The largest absolute Gasteiger partial charge is 0.497 e. The van der Waals surface area contributed by atoms with Crippen molar-refractivity contribution in [2.75, 3.05) is 54.7 Å². The highest BCUT2D eigenvalue weighted by molar-refractivity contribution is 7.89. The van der Waals surface area contributed by atoms with Crippen molar-refractivity contribution in [2.45, 2.75) is 17.9 Å². The van der Waals surface area contributed by atoms with Crippen LogP contribution in [0.2, 0.25) is 0 Å². The second kappa shape index (κ2) is 10.9. The summed E-state index contributed by atoms with van der Waals surface area (Å²) < 4.78 is 48.9. The number of methoxy groups -OCH3 is 3. The summed E-state index contributed by atoms with van der Waals surface area (Å²) in [6.45, 7) is 1.59. The van der Waals surface area contributed by atoms with Gasteiger partial charge in [0.05, 0.1) is 41.0 Å². The van der Waals surface area contributed by atoms with Crippen LogP contribution in [0.4, 0.5) is 0 Å². The molecule has 33 heavy (non-hydrogen) atoms. The van der Waals surface area contributed by atoms with Crippen molar-refractivity contribution in [3.05, 3.63) is 47.5 Å². The summed E-state index contributed by atoms with van der Waals surface area (Å²) in [5.41, 5.74) is 1.42. The summed E-state index contributed by atoms with van der Waals surface area (Å²) in [6, 6.07) is 10.2. The molecule has 0 spiro atoms. The zero-order valence-electron chi connectivity index (χ0n) is 19.4. The minimum Gasteiger partial charge on any atom is -0.497 e. The summed E-state index contributed by atoms with van der Waals surface area (Å²) in [4.78, 5) is 14.5. The van der Waals surface area contributed by atoms with Crippen LogP contribution < -0.4 is 14.2 Å². The predicted molar refractivity (Wildman–Crippen MR) is 122 cm³/mol. The summed E-state index contributed by atoms with van der Waals surface area (Å²) in [5.74, 6) is 1.37. The van der Waals surface area contributed by atoms with E-state index < -0.39 is 10.0 Å². The van der Waals surface area contributed by atoms with Crippen LogP contribution in [0.1, 0.15) is 11.1 Å². The lowest BCUT2D eigenvalue weighted by Crippen LogP contribution is -2.40. The SMILES string of the molecule is COc1ccc(CN(C)C(=O)Cc2ccc(OC)c(S(=O)(=O)N3CCOCC3)c2)c(OC)c1. The zero-order chi connectivity index (χ0) is 24.0. The summed E-state index contributed by atoms with van der Waals surface area (Å²) in [6.07, 6.45) is 0.0462. The minimum atomic E-state index is -3.77. The van der Waals surface area contributed by atoms with E-state index in [2.05, 4.69) is 0 Å². The molecule has 3 rings (SSSR count). The van der Waals surface area contributed by atoms with Gasteiger partial charge in [-0.1, -0.05) is 6.07 Å². The Morgan fingerprint density at radius 1 is 1.00 bits per heavy atom. The third-order valence-electron chi connectivity index (χ3n) is 5.50. The van der Waals surface area contributed by atoms with Gasteiger partial charge in [0, 0.05) is 38.3 Å². The molecule has 0 radical (unpaired) electrons.